The van der Waals surface area contributed by atoms with Crippen LogP contribution >= 0.6 is 0 Å². The van der Waals surface area contributed by atoms with E-state index in [2.05, 4.69) is 0 Å². The Balaban J connectivity index is 2.46. The minimum Gasteiger partial charge on any atom is -0.490 e. The first-order valence-corrected chi connectivity index (χ1v) is 5.45. The lowest BCUT2D eigenvalue weighted by molar-refractivity contribution is 0.211. The maximum Gasteiger partial charge on any atom is 0.161 e. The second-order valence-electron chi connectivity index (χ2n) is 3.30. The molecule has 1 aromatic rings. The Hall–Kier alpha value is -1.26. The third-order valence-corrected chi connectivity index (χ3v) is 1.97. The van der Waals surface area contributed by atoms with Crippen molar-refractivity contribution in [2.75, 3.05) is 26.4 Å². The van der Waals surface area contributed by atoms with Crippen LogP contribution in [0, 0.1) is 0 Å². The molecule has 16 heavy (non-hydrogen) atoms. The van der Waals surface area contributed by atoms with Gasteiger partial charge in [0.05, 0.1) is 13.2 Å². The molecule has 0 heterocycles. The van der Waals surface area contributed by atoms with E-state index < -0.39 is 0 Å². The van der Waals surface area contributed by atoms with Crippen molar-refractivity contribution in [3.63, 3.8) is 0 Å². The summed E-state index contributed by atoms with van der Waals surface area (Å²) in [6, 6.07) is 7.39. The largest absolute Gasteiger partial charge is 0.490 e. The molecule has 0 aliphatic rings. The lowest BCUT2D eigenvalue weighted by Gasteiger charge is -2.11. The highest BCUT2D eigenvalue weighted by atomic mass is 16.5. The molecule has 1 rings (SSSR count). The second-order valence-corrected chi connectivity index (χ2v) is 3.30. The van der Waals surface area contributed by atoms with E-state index in [-0.39, 0.29) is 13.2 Å². The van der Waals surface area contributed by atoms with Crippen LogP contribution in [0.5, 0.6) is 11.5 Å². The quantitative estimate of drug-likeness (QED) is 0.654. The van der Waals surface area contributed by atoms with Gasteiger partial charge in [-0.2, -0.15) is 0 Å². The fourth-order valence-corrected chi connectivity index (χ4v) is 1.18. The summed E-state index contributed by atoms with van der Waals surface area (Å²) in [6.45, 7) is 1.18. The number of ether oxygens (including phenoxy) is 2. The number of aliphatic hydroxyl groups is 2. The Morgan fingerprint density at radius 2 is 1.25 bits per heavy atom. The molecule has 0 aliphatic heterocycles. The van der Waals surface area contributed by atoms with Crippen molar-refractivity contribution in [3.05, 3.63) is 24.3 Å². The molecule has 1 aromatic carbocycles. The summed E-state index contributed by atoms with van der Waals surface area (Å²) < 4.78 is 10.9. The summed E-state index contributed by atoms with van der Waals surface area (Å²) in [5.41, 5.74) is 0. The number of aliphatic hydroxyl groups excluding tert-OH is 2. The van der Waals surface area contributed by atoms with Gasteiger partial charge >= 0.3 is 0 Å². The average Bonchev–Trinajstić information content (AvgIpc) is 2.32. The van der Waals surface area contributed by atoms with E-state index in [9.17, 15) is 0 Å². The first kappa shape index (κ1) is 12.8. The predicted molar refractivity (Wildman–Crippen MR) is 60.8 cm³/mol. The van der Waals surface area contributed by atoms with Crippen LogP contribution in [0.15, 0.2) is 24.3 Å². The minimum atomic E-state index is 0.119. The average molecular weight is 226 g/mol. The highest BCUT2D eigenvalue weighted by Crippen LogP contribution is 2.26. The predicted octanol–water partition coefficient (Wildman–Crippen LogP) is 1.21. The molecule has 0 amide bonds. The summed E-state index contributed by atoms with van der Waals surface area (Å²) in [5, 5.41) is 17.3. The highest BCUT2D eigenvalue weighted by Gasteiger charge is 2.03. The van der Waals surface area contributed by atoms with Crippen LogP contribution in [-0.4, -0.2) is 36.6 Å². The van der Waals surface area contributed by atoms with Crippen molar-refractivity contribution in [2.24, 2.45) is 0 Å². The van der Waals surface area contributed by atoms with Gasteiger partial charge in [0.1, 0.15) is 0 Å². The molecule has 4 heteroatoms. The van der Waals surface area contributed by atoms with Crippen LogP contribution in [0.2, 0.25) is 0 Å². The van der Waals surface area contributed by atoms with Gasteiger partial charge in [-0.05, 0) is 12.1 Å². The number of para-hydroxylation sites is 2. The number of hydrogen-bond donors (Lipinski definition) is 2. The van der Waals surface area contributed by atoms with Gasteiger partial charge in [0.25, 0.3) is 0 Å². The molecule has 2 N–H and O–H groups in total. The van der Waals surface area contributed by atoms with Crippen LogP contribution < -0.4 is 9.47 Å². The molecular formula is C12H18O4. The van der Waals surface area contributed by atoms with Crippen molar-refractivity contribution >= 4 is 0 Å². The number of benzene rings is 1. The van der Waals surface area contributed by atoms with Crippen molar-refractivity contribution in [2.45, 2.75) is 12.8 Å². The van der Waals surface area contributed by atoms with E-state index in [0.717, 1.165) is 0 Å². The molecule has 0 unspecified atom stereocenters. The molecule has 0 atom stereocenters. The molecule has 90 valence electrons. The first-order valence-electron chi connectivity index (χ1n) is 5.45. The van der Waals surface area contributed by atoms with Gasteiger partial charge in [0.15, 0.2) is 11.5 Å². The molecule has 0 spiro atoms. The molecule has 4 nitrogen and oxygen atoms in total. The lowest BCUT2D eigenvalue weighted by atomic mass is 10.3. The van der Waals surface area contributed by atoms with Crippen molar-refractivity contribution in [1.29, 1.82) is 0 Å². The summed E-state index contributed by atoms with van der Waals surface area (Å²) in [4.78, 5) is 0. The van der Waals surface area contributed by atoms with Crippen molar-refractivity contribution in [3.8, 4) is 11.5 Å². The fraction of sp³-hybridized carbons (Fsp3) is 0.500. The van der Waals surface area contributed by atoms with Gasteiger partial charge in [-0.15, -0.1) is 0 Å². The van der Waals surface area contributed by atoms with Crippen LogP contribution in [0.4, 0.5) is 0 Å². The molecule has 0 bridgehead atoms. The molecule has 0 aromatic heterocycles. The third kappa shape index (κ3) is 4.51. The minimum absolute atomic E-state index is 0.119. The Kier molecular flexibility index (Phi) is 6.37. The normalized spacial score (nSPS) is 10.1. The van der Waals surface area contributed by atoms with Crippen molar-refractivity contribution < 1.29 is 19.7 Å². The van der Waals surface area contributed by atoms with Crippen LogP contribution in [0.1, 0.15) is 12.8 Å². The molecular weight excluding hydrogens is 208 g/mol. The third-order valence-electron chi connectivity index (χ3n) is 1.97. The molecule has 0 aliphatic carbocycles. The molecule has 0 saturated carbocycles. The van der Waals surface area contributed by atoms with Gasteiger partial charge in [0, 0.05) is 26.1 Å². The lowest BCUT2D eigenvalue weighted by Crippen LogP contribution is -2.04. The van der Waals surface area contributed by atoms with E-state index in [1.54, 1.807) is 0 Å². The van der Waals surface area contributed by atoms with E-state index in [4.69, 9.17) is 19.7 Å². The van der Waals surface area contributed by atoms with E-state index in [1.807, 2.05) is 24.3 Å². The highest BCUT2D eigenvalue weighted by molar-refractivity contribution is 5.39. The van der Waals surface area contributed by atoms with E-state index in [1.165, 1.54) is 0 Å². The molecule has 0 fully saturated rings. The maximum atomic E-state index is 8.65. The Labute approximate surface area is 95.4 Å². The smallest absolute Gasteiger partial charge is 0.161 e. The Bertz CT molecular complexity index is 259. The summed E-state index contributed by atoms with van der Waals surface area (Å²) in [5.74, 6) is 1.35. The second kappa shape index (κ2) is 7.96. The first-order chi connectivity index (χ1) is 7.88. The van der Waals surface area contributed by atoms with Gasteiger partial charge in [-0.25, -0.2) is 0 Å². The molecule has 0 radical (unpaired) electrons. The zero-order chi connectivity index (χ0) is 11.6. The summed E-state index contributed by atoms with van der Waals surface area (Å²) in [7, 11) is 0. The fourth-order valence-electron chi connectivity index (χ4n) is 1.18. The van der Waals surface area contributed by atoms with Crippen LogP contribution in [-0.2, 0) is 0 Å². The monoisotopic (exact) mass is 226 g/mol. The molecule has 0 saturated heterocycles. The summed E-state index contributed by atoms with van der Waals surface area (Å²) in [6.07, 6.45) is 1.20. The topological polar surface area (TPSA) is 58.9 Å². The van der Waals surface area contributed by atoms with Crippen LogP contribution in [0.25, 0.3) is 0 Å². The van der Waals surface area contributed by atoms with Gasteiger partial charge < -0.3 is 19.7 Å². The number of hydrogen-bond acceptors (Lipinski definition) is 4. The van der Waals surface area contributed by atoms with Gasteiger partial charge in [-0.1, -0.05) is 12.1 Å². The van der Waals surface area contributed by atoms with E-state index >= 15 is 0 Å². The van der Waals surface area contributed by atoms with Gasteiger partial charge in [0.2, 0.25) is 0 Å². The summed E-state index contributed by atoms with van der Waals surface area (Å²) >= 11 is 0. The Morgan fingerprint density at radius 3 is 1.62 bits per heavy atom. The van der Waals surface area contributed by atoms with Gasteiger partial charge in [-0.3, -0.25) is 0 Å². The Morgan fingerprint density at radius 1 is 0.812 bits per heavy atom. The zero-order valence-corrected chi connectivity index (χ0v) is 9.26. The van der Waals surface area contributed by atoms with E-state index in [0.29, 0.717) is 37.6 Å². The number of rotatable bonds is 8. The SMILES string of the molecule is OCCCOc1ccccc1OCCCO. The maximum absolute atomic E-state index is 8.65. The van der Waals surface area contributed by atoms with Crippen molar-refractivity contribution in [1.82, 2.24) is 0 Å². The zero-order valence-electron chi connectivity index (χ0n) is 9.26. The standard InChI is InChI=1S/C12H18O4/c13-7-3-9-15-11-5-1-2-6-12(11)16-10-4-8-14/h1-2,5-6,13-14H,3-4,7-10H2. The van der Waals surface area contributed by atoms with Crippen LogP contribution in [0.3, 0.4) is 0 Å².